The van der Waals surface area contributed by atoms with E-state index in [1.807, 2.05) is 0 Å². The van der Waals surface area contributed by atoms with Crippen LogP contribution in [0.15, 0.2) is 30.3 Å². The van der Waals surface area contributed by atoms with Crippen LogP contribution < -0.4 is 5.32 Å². The van der Waals surface area contributed by atoms with E-state index in [-0.39, 0.29) is 0 Å². The fraction of sp³-hybridized carbons (Fsp3) is 0.667. The SMILES string of the molecule is CCC(CC)C(NC1CCN(C)CC1)c1ccccc1. The monoisotopic (exact) mass is 274 g/mol. The predicted molar refractivity (Wildman–Crippen MR) is 86.9 cm³/mol. The van der Waals surface area contributed by atoms with Crippen LogP contribution in [0.3, 0.4) is 0 Å². The molecule has 20 heavy (non-hydrogen) atoms. The molecule has 0 bridgehead atoms. The molecule has 1 atom stereocenters. The van der Waals surface area contributed by atoms with E-state index in [1.54, 1.807) is 0 Å². The standard InChI is InChI=1S/C18H30N2/c1-4-15(5-2)18(16-9-7-6-8-10-16)19-17-11-13-20(3)14-12-17/h6-10,15,17-19H,4-5,11-14H2,1-3H3. The van der Waals surface area contributed by atoms with Gasteiger partial charge in [-0.2, -0.15) is 0 Å². The second-order valence-corrected chi connectivity index (χ2v) is 6.21. The van der Waals surface area contributed by atoms with E-state index in [0.29, 0.717) is 12.1 Å². The fourth-order valence-corrected chi connectivity index (χ4v) is 3.35. The van der Waals surface area contributed by atoms with Crippen molar-refractivity contribution >= 4 is 0 Å². The van der Waals surface area contributed by atoms with Crippen LogP contribution in [0.2, 0.25) is 0 Å². The van der Waals surface area contributed by atoms with E-state index in [9.17, 15) is 0 Å². The summed E-state index contributed by atoms with van der Waals surface area (Å²) in [4.78, 5) is 2.44. The average Bonchev–Trinajstić information content (AvgIpc) is 2.50. The van der Waals surface area contributed by atoms with Crippen LogP contribution in [0.4, 0.5) is 0 Å². The van der Waals surface area contributed by atoms with Gasteiger partial charge in [0.2, 0.25) is 0 Å². The first-order valence-electron chi connectivity index (χ1n) is 8.24. The van der Waals surface area contributed by atoms with Crippen molar-refractivity contribution in [1.29, 1.82) is 0 Å². The lowest BCUT2D eigenvalue weighted by Gasteiger charge is -2.35. The van der Waals surface area contributed by atoms with Gasteiger partial charge < -0.3 is 10.2 Å². The molecule has 0 aromatic heterocycles. The molecular formula is C18H30N2. The number of hydrogen-bond donors (Lipinski definition) is 1. The summed E-state index contributed by atoms with van der Waals surface area (Å²) in [6, 6.07) is 12.2. The number of piperidine rings is 1. The van der Waals surface area contributed by atoms with Crippen LogP contribution in [-0.4, -0.2) is 31.1 Å². The summed E-state index contributed by atoms with van der Waals surface area (Å²) in [7, 11) is 2.23. The third-order valence-corrected chi connectivity index (χ3v) is 4.81. The Labute approximate surface area is 124 Å². The second-order valence-electron chi connectivity index (χ2n) is 6.21. The highest BCUT2D eigenvalue weighted by Crippen LogP contribution is 2.29. The Morgan fingerprint density at radius 3 is 2.25 bits per heavy atom. The van der Waals surface area contributed by atoms with Gasteiger partial charge in [0, 0.05) is 12.1 Å². The van der Waals surface area contributed by atoms with Crippen LogP contribution in [0, 0.1) is 5.92 Å². The van der Waals surface area contributed by atoms with Gasteiger partial charge >= 0.3 is 0 Å². The van der Waals surface area contributed by atoms with Gasteiger partial charge in [0.1, 0.15) is 0 Å². The minimum absolute atomic E-state index is 0.514. The van der Waals surface area contributed by atoms with Crippen LogP contribution >= 0.6 is 0 Å². The molecule has 1 aliphatic rings. The van der Waals surface area contributed by atoms with E-state index < -0.39 is 0 Å². The molecule has 0 amide bonds. The molecule has 1 aliphatic heterocycles. The lowest BCUT2D eigenvalue weighted by atomic mass is 9.87. The minimum Gasteiger partial charge on any atom is -0.307 e. The van der Waals surface area contributed by atoms with Gasteiger partial charge in [0.25, 0.3) is 0 Å². The molecule has 1 heterocycles. The zero-order valence-corrected chi connectivity index (χ0v) is 13.3. The molecule has 2 nitrogen and oxygen atoms in total. The van der Waals surface area contributed by atoms with Crippen LogP contribution in [0.25, 0.3) is 0 Å². The van der Waals surface area contributed by atoms with Gasteiger partial charge in [-0.25, -0.2) is 0 Å². The Hall–Kier alpha value is -0.860. The summed E-state index contributed by atoms with van der Waals surface area (Å²) in [6.45, 7) is 7.09. The maximum absolute atomic E-state index is 3.97. The summed E-state index contributed by atoms with van der Waals surface area (Å²) in [5.74, 6) is 0.733. The Morgan fingerprint density at radius 2 is 1.70 bits per heavy atom. The molecule has 0 saturated carbocycles. The summed E-state index contributed by atoms with van der Waals surface area (Å²) >= 11 is 0. The molecule has 0 radical (unpaired) electrons. The van der Waals surface area contributed by atoms with Crippen LogP contribution in [-0.2, 0) is 0 Å². The molecular weight excluding hydrogens is 244 g/mol. The van der Waals surface area contributed by atoms with Gasteiger partial charge in [-0.3, -0.25) is 0 Å². The van der Waals surface area contributed by atoms with Gasteiger partial charge in [-0.1, -0.05) is 57.0 Å². The molecule has 0 aliphatic carbocycles. The third kappa shape index (κ3) is 4.07. The molecule has 2 rings (SSSR count). The van der Waals surface area contributed by atoms with E-state index in [0.717, 1.165) is 5.92 Å². The number of rotatable bonds is 6. The van der Waals surface area contributed by atoms with Crippen molar-refractivity contribution in [2.24, 2.45) is 5.92 Å². The molecule has 1 aromatic carbocycles. The Balaban J connectivity index is 2.07. The van der Waals surface area contributed by atoms with Crippen LogP contribution in [0.5, 0.6) is 0 Å². The molecule has 112 valence electrons. The molecule has 1 aromatic rings. The first kappa shape index (κ1) is 15.5. The lowest BCUT2D eigenvalue weighted by Crippen LogP contribution is -2.43. The van der Waals surface area contributed by atoms with Crippen molar-refractivity contribution in [2.75, 3.05) is 20.1 Å². The smallest absolute Gasteiger partial charge is 0.0350 e. The first-order valence-corrected chi connectivity index (χ1v) is 8.24. The van der Waals surface area contributed by atoms with E-state index in [2.05, 4.69) is 61.4 Å². The second kappa shape index (κ2) is 7.80. The highest BCUT2D eigenvalue weighted by Gasteiger charge is 2.25. The normalized spacial score (nSPS) is 19.4. The Kier molecular flexibility index (Phi) is 6.06. The van der Waals surface area contributed by atoms with Gasteiger partial charge in [0.05, 0.1) is 0 Å². The van der Waals surface area contributed by atoms with Crippen molar-refractivity contribution in [2.45, 2.75) is 51.6 Å². The van der Waals surface area contributed by atoms with Crippen molar-refractivity contribution in [1.82, 2.24) is 10.2 Å². The molecule has 1 saturated heterocycles. The van der Waals surface area contributed by atoms with Gasteiger partial charge in [-0.05, 0) is 44.5 Å². The average molecular weight is 274 g/mol. The summed E-state index contributed by atoms with van der Waals surface area (Å²) < 4.78 is 0. The topological polar surface area (TPSA) is 15.3 Å². The number of hydrogen-bond acceptors (Lipinski definition) is 2. The third-order valence-electron chi connectivity index (χ3n) is 4.81. The zero-order valence-electron chi connectivity index (χ0n) is 13.3. The van der Waals surface area contributed by atoms with Crippen molar-refractivity contribution in [3.05, 3.63) is 35.9 Å². The molecule has 1 unspecified atom stereocenters. The number of benzene rings is 1. The van der Waals surface area contributed by atoms with Gasteiger partial charge in [0.15, 0.2) is 0 Å². The largest absolute Gasteiger partial charge is 0.307 e. The quantitative estimate of drug-likeness (QED) is 0.847. The summed E-state index contributed by atoms with van der Waals surface area (Å²) in [5.41, 5.74) is 1.46. The highest BCUT2D eigenvalue weighted by molar-refractivity contribution is 5.20. The summed E-state index contributed by atoms with van der Waals surface area (Å²) in [5, 5.41) is 3.97. The lowest BCUT2D eigenvalue weighted by molar-refractivity contribution is 0.206. The number of likely N-dealkylation sites (tertiary alicyclic amines) is 1. The van der Waals surface area contributed by atoms with Crippen molar-refractivity contribution in [3.63, 3.8) is 0 Å². The van der Waals surface area contributed by atoms with Crippen molar-refractivity contribution < 1.29 is 0 Å². The Morgan fingerprint density at radius 1 is 1.10 bits per heavy atom. The predicted octanol–water partition coefficient (Wildman–Crippen LogP) is 3.85. The maximum atomic E-state index is 3.97. The molecule has 1 N–H and O–H groups in total. The van der Waals surface area contributed by atoms with Crippen LogP contribution in [0.1, 0.15) is 51.1 Å². The molecule has 1 fully saturated rings. The fourth-order valence-electron chi connectivity index (χ4n) is 3.35. The Bertz CT molecular complexity index is 364. The highest BCUT2D eigenvalue weighted by atomic mass is 15.1. The molecule has 2 heteroatoms. The van der Waals surface area contributed by atoms with Crippen molar-refractivity contribution in [3.8, 4) is 0 Å². The number of nitrogens with one attached hydrogen (secondary N) is 1. The summed E-state index contributed by atoms with van der Waals surface area (Å²) in [6.07, 6.45) is 5.05. The van der Waals surface area contributed by atoms with E-state index >= 15 is 0 Å². The maximum Gasteiger partial charge on any atom is 0.0350 e. The van der Waals surface area contributed by atoms with Gasteiger partial charge in [-0.15, -0.1) is 0 Å². The zero-order chi connectivity index (χ0) is 14.4. The molecule has 0 spiro atoms. The van der Waals surface area contributed by atoms with E-state index in [4.69, 9.17) is 0 Å². The first-order chi connectivity index (χ1) is 9.74. The van der Waals surface area contributed by atoms with E-state index in [1.165, 1.54) is 44.3 Å². The minimum atomic E-state index is 0.514. The number of nitrogens with zero attached hydrogens (tertiary/aromatic N) is 1.